The molecule has 0 heterocycles. The first kappa shape index (κ1) is 11.0. The van der Waals surface area contributed by atoms with Crippen molar-refractivity contribution in [2.24, 2.45) is 17.3 Å². The summed E-state index contributed by atoms with van der Waals surface area (Å²) in [5.74, 6) is 1.64. The van der Waals surface area contributed by atoms with E-state index in [9.17, 15) is 5.11 Å². The van der Waals surface area contributed by atoms with E-state index < -0.39 is 0 Å². The van der Waals surface area contributed by atoms with E-state index in [1.807, 2.05) is 0 Å². The minimum atomic E-state index is 0.233. The van der Waals surface area contributed by atoms with Crippen molar-refractivity contribution < 1.29 is 5.11 Å². The van der Waals surface area contributed by atoms with Crippen LogP contribution in [0.3, 0.4) is 0 Å². The van der Waals surface area contributed by atoms with Gasteiger partial charge in [0.1, 0.15) is 0 Å². The van der Waals surface area contributed by atoms with Gasteiger partial charge in [0.15, 0.2) is 0 Å². The summed E-state index contributed by atoms with van der Waals surface area (Å²) in [6.07, 6.45) is 6.44. The van der Waals surface area contributed by atoms with Crippen LogP contribution in [-0.2, 0) is 0 Å². The number of aliphatic hydroxyl groups is 1. The second kappa shape index (κ2) is 4.45. The average molecular weight is 184 g/mol. The molecule has 1 unspecified atom stereocenters. The largest absolute Gasteiger partial charge is 0.396 e. The average Bonchev–Trinajstić information content (AvgIpc) is 2.97. The van der Waals surface area contributed by atoms with Gasteiger partial charge in [0.25, 0.3) is 0 Å². The molecule has 1 nitrogen and oxygen atoms in total. The minimum absolute atomic E-state index is 0.233. The van der Waals surface area contributed by atoms with Gasteiger partial charge in [-0.15, -0.1) is 0 Å². The molecule has 1 N–H and O–H groups in total. The van der Waals surface area contributed by atoms with Crippen molar-refractivity contribution in [3.63, 3.8) is 0 Å². The molecule has 0 spiro atoms. The van der Waals surface area contributed by atoms with Gasteiger partial charge in [-0.05, 0) is 36.5 Å². The van der Waals surface area contributed by atoms with Crippen LogP contribution in [-0.4, -0.2) is 11.7 Å². The summed E-state index contributed by atoms with van der Waals surface area (Å²) in [7, 11) is 0. The van der Waals surface area contributed by atoms with E-state index in [2.05, 4.69) is 20.8 Å². The van der Waals surface area contributed by atoms with E-state index >= 15 is 0 Å². The lowest BCUT2D eigenvalue weighted by Crippen LogP contribution is -2.27. The third-order valence-electron chi connectivity index (χ3n) is 3.83. The molecule has 1 rings (SSSR count). The van der Waals surface area contributed by atoms with Gasteiger partial charge in [0.05, 0.1) is 0 Å². The Kier molecular flexibility index (Phi) is 3.78. The number of hydrogen-bond donors (Lipinski definition) is 1. The zero-order valence-corrected chi connectivity index (χ0v) is 9.34. The highest BCUT2D eigenvalue weighted by Gasteiger charge is 2.41. The monoisotopic (exact) mass is 184 g/mol. The van der Waals surface area contributed by atoms with Gasteiger partial charge in [-0.2, -0.15) is 0 Å². The van der Waals surface area contributed by atoms with Crippen LogP contribution in [0.25, 0.3) is 0 Å². The summed E-state index contributed by atoms with van der Waals surface area (Å²) in [5.41, 5.74) is 0.233. The predicted molar refractivity (Wildman–Crippen MR) is 56.6 cm³/mol. The Hall–Kier alpha value is -0.0400. The van der Waals surface area contributed by atoms with E-state index in [-0.39, 0.29) is 5.41 Å². The normalized spacial score (nSPS) is 21.9. The lowest BCUT2D eigenvalue weighted by molar-refractivity contribution is 0.0886. The summed E-state index contributed by atoms with van der Waals surface area (Å²) in [5, 5.41) is 9.44. The standard InChI is InChI=1S/C12H24O/c1-4-10(5-2)8-12(3,9-13)11-6-7-11/h10-11,13H,4-9H2,1-3H3. The van der Waals surface area contributed by atoms with Crippen molar-refractivity contribution in [3.05, 3.63) is 0 Å². The van der Waals surface area contributed by atoms with Gasteiger partial charge >= 0.3 is 0 Å². The molecule has 0 saturated heterocycles. The Morgan fingerprint density at radius 3 is 2.15 bits per heavy atom. The Labute approximate surface area is 82.5 Å². The quantitative estimate of drug-likeness (QED) is 0.672. The van der Waals surface area contributed by atoms with Gasteiger partial charge in [0.2, 0.25) is 0 Å². The minimum Gasteiger partial charge on any atom is -0.396 e. The Morgan fingerprint density at radius 1 is 1.31 bits per heavy atom. The van der Waals surface area contributed by atoms with Gasteiger partial charge < -0.3 is 5.11 Å². The van der Waals surface area contributed by atoms with Crippen molar-refractivity contribution in [3.8, 4) is 0 Å². The molecule has 0 aromatic carbocycles. The molecule has 0 aromatic heterocycles. The zero-order chi connectivity index (χ0) is 9.90. The molecule has 1 fully saturated rings. The van der Waals surface area contributed by atoms with Crippen LogP contribution in [0.4, 0.5) is 0 Å². The van der Waals surface area contributed by atoms with Crippen LogP contribution in [0.1, 0.15) is 52.9 Å². The molecule has 1 aliphatic carbocycles. The fourth-order valence-corrected chi connectivity index (χ4v) is 2.38. The SMILES string of the molecule is CCC(CC)CC(C)(CO)C1CC1. The topological polar surface area (TPSA) is 20.2 Å². The van der Waals surface area contributed by atoms with Gasteiger partial charge in [0, 0.05) is 6.61 Å². The molecular weight excluding hydrogens is 160 g/mol. The first-order valence-electron chi connectivity index (χ1n) is 5.77. The first-order valence-corrected chi connectivity index (χ1v) is 5.77. The molecule has 1 atom stereocenters. The predicted octanol–water partition coefficient (Wildman–Crippen LogP) is 3.22. The van der Waals surface area contributed by atoms with Crippen LogP contribution < -0.4 is 0 Å². The van der Waals surface area contributed by atoms with Crippen LogP contribution >= 0.6 is 0 Å². The second-order valence-electron chi connectivity index (χ2n) is 4.97. The van der Waals surface area contributed by atoms with E-state index in [1.54, 1.807) is 0 Å². The molecule has 1 aliphatic rings. The molecule has 0 radical (unpaired) electrons. The molecule has 1 heteroatoms. The van der Waals surface area contributed by atoms with Crippen molar-refractivity contribution >= 4 is 0 Å². The van der Waals surface area contributed by atoms with Gasteiger partial charge in [-0.1, -0.05) is 33.6 Å². The van der Waals surface area contributed by atoms with E-state index in [1.165, 1.54) is 32.1 Å². The summed E-state index contributed by atoms with van der Waals surface area (Å²) >= 11 is 0. The molecule has 0 aromatic rings. The number of aliphatic hydroxyl groups excluding tert-OH is 1. The third-order valence-corrected chi connectivity index (χ3v) is 3.83. The fraction of sp³-hybridized carbons (Fsp3) is 1.00. The number of hydrogen-bond acceptors (Lipinski definition) is 1. The fourth-order valence-electron chi connectivity index (χ4n) is 2.38. The van der Waals surface area contributed by atoms with Crippen molar-refractivity contribution in [1.82, 2.24) is 0 Å². The third kappa shape index (κ3) is 2.70. The van der Waals surface area contributed by atoms with Crippen molar-refractivity contribution in [1.29, 1.82) is 0 Å². The lowest BCUT2D eigenvalue weighted by Gasteiger charge is -2.31. The van der Waals surface area contributed by atoms with Gasteiger partial charge in [-0.3, -0.25) is 0 Å². The maximum absolute atomic E-state index is 9.44. The zero-order valence-electron chi connectivity index (χ0n) is 9.34. The van der Waals surface area contributed by atoms with E-state index in [0.29, 0.717) is 6.61 Å². The van der Waals surface area contributed by atoms with Crippen molar-refractivity contribution in [2.45, 2.75) is 52.9 Å². The van der Waals surface area contributed by atoms with E-state index in [0.717, 1.165) is 11.8 Å². The highest BCUT2D eigenvalue weighted by molar-refractivity contribution is 4.91. The molecule has 0 aliphatic heterocycles. The number of rotatable bonds is 6. The first-order chi connectivity index (χ1) is 6.16. The summed E-state index contributed by atoms with van der Waals surface area (Å²) in [6, 6.07) is 0. The maximum Gasteiger partial charge on any atom is 0.0487 e. The van der Waals surface area contributed by atoms with Crippen LogP contribution in [0, 0.1) is 17.3 Å². The molecular formula is C12H24O. The smallest absolute Gasteiger partial charge is 0.0487 e. The van der Waals surface area contributed by atoms with Crippen molar-refractivity contribution in [2.75, 3.05) is 6.61 Å². The maximum atomic E-state index is 9.44. The second-order valence-corrected chi connectivity index (χ2v) is 4.97. The van der Waals surface area contributed by atoms with Gasteiger partial charge in [-0.25, -0.2) is 0 Å². The van der Waals surface area contributed by atoms with Crippen LogP contribution in [0.5, 0.6) is 0 Å². The van der Waals surface area contributed by atoms with Crippen LogP contribution in [0.15, 0.2) is 0 Å². The highest BCUT2D eigenvalue weighted by Crippen LogP contribution is 2.49. The Bertz CT molecular complexity index is 147. The highest BCUT2D eigenvalue weighted by atomic mass is 16.3. The summed E-state index contributed by atoms with van der Waals surface area (Å²) in [6.45, 7) is 7.18. The molecule has 0 amide bonds. The summed E-state index contributed by atoms with van der Waals surface area (Å²) < 4.78 is 0. The summed E-state index contributed by atoms with van der Waals surface area (Å²) in [4.78, 5) is 0. The Morgan fingerprint density at radius 2 is 1.85 bits per heavy atom. The molecule has 0 bridgehead atoms. The van der Waals surface area contributed by atoms with Crippen LogP contribution in [0.2, 0.25) is 0 Å². The molecule has 1 saturated carbocycles. The molecule has 13 heavy (non-hydrogen) atoms. The molecule has 78 valence electrons. The van der Waals surface area contributed by atoms with E-state index in [4.69, 9.17) is 0 Å². The Balaban J connectivity index is 2.45. The lowest BCUT2D eigenvalue weighted by atomic mass is 9.76.